The number of hydrogen-bond donors (Lipinski definition) is 1. The Morgan fingerprint density at radius 3 is 2.71 bits per heavy atom. The number of alkyl halides is 3. The van der Waals surface area contributed by atoms with E-state index in [1.165, 1.54) is 35.8 Å². The van der Waals surface area contributed by atoms with Crippen molar-refractivity contribution >= 4 is 40.5 Å². The van der Waals surface area contributed by atoms with Gasteiger partial charge in [0.2, 0.25) is 0 Å². The topological polar surface area (TPSA) is 67.4 Å². The second kappa shape index (κ2) is 8.76. The molecule has 0 spiro atoms. The van der Waals surface area contributed by atoms with Crippen LogP contribution >= 0.6 is 23.1 Å². The van der Waals surface area contributed by atoms with Crippen molar-refractivity contribution in [2.75, 3.05) is 23.3 Å². The smallest absolute Gasteiger partial charge is 0.420 e. The predicted molar refractivity (Wildman–Crippen MR) is 117 cm³/mol. The summed E-state index contributed by atoms with van der Waals surface area (Å²) in [6, 6.07) is 7.30. The van der Waals surface area contributed by atoms with Gasteiger partial charge in [-0.25, -0.2) is 9.36 Å². The molecule has 2 aromatic heterocycles. The van der Waals surface area contributed by atoms with Crippen molar-refractivity contribution in [3.63, 3.8) is 0 Å². The highest BCUT2D eigenvalue weighted by Crippen LogP contribution is 2.33. The Morgan fingerprint density at radius 1 is 1.32 bits per heavy atom. The number of benzene rings is 1. The number of rotatable bonds is 6. The average Bonchev–Trinajstić information content (AvgIpc) is 3.40. The Bertz CT molecular complexity index is 1060. The van der Waals surface area contributed by atoms with Crippen molar-refractivity contribution in [2.24, 2.45) is 5.92 Å². The summed E-state index contributed by atoms with van der Waals surface area (Å²) in [6.07, 6.45) is 4.40. The van der Waals surface area contributed by atoms with Crippen LogP contribution in [0.25, 0.3) is 11.1 Å². The lowest BCUT2D eigenvalue weighted by Gasteiger charge is -2.20. The summed E-state index contributed by atoms with van der Waals surface area (Å²) in [5.74, 6) is 0.944. The molecule has 1 fully saturated rings. The van der Waals surface area contributed by atoms with Crippen LogP contribution in [0.15, 0.2) is 48.1 Å². The second-order valence-electron chi connectivity index (χ2n) is 7.37. The van der Waals surface area contributed by atoms with Gasteiger partial charge in [-0.3, -0.25) is 4.79 Å². The normalized spacial score (nSPS) is 16.4. The standard InChI is InChI=1S/C21H19ClF2N4O2S/c1-13-6-7-28(11-13)19-18(15-10-26-31-12-15)8-14(9-25-19)20(29)27-16-2-4-17(5-3-16)30-21(22,23)24/h2-5,8-10,12-13H,6-7,11H2,1H3,(H,27,29)/t13-/m1/s1. The van der Waals surface area contributed by atoms with E-state index in [-0.39, 0.29) is 11.7 Å². The van der Waals surface area contributed by atoms with Gasteiger partial charge in [0.1, 0.15) is 11.6 Å². The Morgan fingerprint density at radius 2 is 2.10 bits per heavy atom. The first-order chi connectivity index (χ1) is 14.8. The van der Waals surface area contributed by atoms with E-state index in [2.05, 4.69) is 31.2 Å². The van der Waals surface area contributed by atoms with Crippen LogP contribution in [-0.4, -0.2) is 33.9 Å². The Hall–Kier alpha value is -2.78. The minimum atomic E-state index is -3.79. The third kappa shape index (κ3) is 5.29. The van der Waals surface area contributed by atoms with Crippen LogP contribution < -0.4 is 15.0 Å². The Labute approximate surface area is 187 Å². The van der Waals surface area contributed by atoms with Gasteiger partial charge in [-0.15, -0.1) is 8.78 Å². The maximum atomic E-state index is 12.8. The van der Waals surface area contributed by atoms with Gasteiger partial charge in [-0.05, 0) is 54.2 Å². The van der Waals surface area contributed by atoms with Crippen molar-refractivity contribution in [3.05, 3.63) is 53.7 Å². The molecule has 0 radical (unpaired) electrons. The maximum Gasteiger partial charge on any atom is 0.487 e. The fourth-order valence-electron chi connectivity index (χ4n) is 3.45. The van der Waals surface area contributed by atoms with E-state index >= 15 is 0 Å². The van der Waals surface area contributed by atoms with Crippen molar-refractivity contribution < 1.29 is 18.3 Å². The van der Waals surface area contributed by atoms with Crippen LogP contribution in [-0.2, 0) is 0 Å². The van der Waals surface area contributed by atoms with Crippen molar-refractivity contribution in [3.8, 4) is 16.9 Å². The molecule has 3 aromatic rings. The molecule has 31 heavy (non-hydrogen) atoms. The molecule has 0 unspecified atom stereocenters. The first-order valence-electron chi connectivity index (χ1n) is 9.60. The number of nitrogens with one attached hydrogen (secondary N) is 1. The van der Waals surface area contributed by atoms with E-state index in [1.54, 1.807) is 18.5 Å². The van der Waals surface area contributed by atoms with Gasteiger partial charge in [-0.2, -0.15) is 0 Å². The lowest BCUT2D eigenvalue weighted by Crippen LogP contribution is -2.22. The molecular weight excluding hydrogens is 446 g/mol. The SMILES string of the molecule is C[C@@H]1CCN(c2ncc(C(=O)Nc3ccc(OC(F)(F)Cl)cc3)cc2-c2cnsc2)C1. The predicted octanol–water partition coefficient (Wildman–Crippen LogP) is 5.47. The van der Waals surface area contributed by atoms with Gasteiger partial charge < -0.3 is 15.0 Å². The zero-order chi connectivity index (χ0) is 22.0. The lowest BCUT2D eigenvalue weighted by molar-refractivity contribution is -0.0964. The number of carbonyl (C=O) groups excluding carboxylic acids is 1. The number of pyridine rings is 1. The molecule has 1 amide bonds. The number of anilines is 2. The maximum absolute atomic E-state index is 12.8. The lowest BCUT2D eigenvalue weighted by atomic mass is 10.1. The van der Waals surface area contributed by atoms with Crippen LogP contribution in [0.2, 0.25) is 0 Å². The first-order valence-corrected chi connectivity index (χ1v) is 10.8. The summed E-state index contributed by atoms with van der Waals surface area (Å²) >= 11 is 6.09. The number of ether oxygens (including phenoxy) is 1. The minimum Gasteiger partial charge on any atom is -0.420 e. The molecule has 1 N–H and O–H groups in total. The van der Waals surface area contributed by atoms with Crippen LogP contribution in [0.3, 0.4) is 0 Å². The van der Waals surface area contributed by atoms with E-state index < -0.39 is 5.57 Å². The highest BCUT2D eigenvalue weighted by molar-refractivity contribution is 7.03. The van der Waals surface area contributed by atoms with Gasteiger partial charge in [0.15, 0.2) is 0 Å². The van der Waals surface area contributed by atoms with Crippen molar-refractivity contribution in [1.82, 2.24) is 9.36 Å². The molecule has 1 saturated heterocycles. The van der Waals surface area contributed by atoms with Gasteiger partial charge in [0, 0.05) is 59.3 Å². The first kappa shape index (κ1) is 21.5. The van der Waals surface area contributed by atoms with Gasteiger partial charge >= 0.3 is 5.57 Å². The fraction of sp³-hybridized carbons (Fsp3) is 0.286. The summed E-state index contributed by atoms with van der Waals surface area (Å²) in [7, 11) is 0. The van der Waals surface area contributed by atoms with E-state index in [4.69, 9.17) is 11.6 Å². The van der Waals surface area contributed by atoms with E-state index in [1.807, 2.05) is 5.38 Å². The minimum absolute atomic E-state index is 0.115. The molecule has 10 heteroatoms. The number of amides is 1. The summed E-state index contributed by atoms with van der Waals surface area (Å²) in [5.41, 5.74) is -1.23. The number of carbonyl (C=O) groups is 1. The third-order valence-electron chi connectivity index (χ3n) is 4.94. The number of nitrogens with zero attached hydrogens (tertiary/aromatic N) is 3. The van der Waals surface area contributed by atoms with Crippen LogP contribution in [0, 0.1) is 5.92 Å². The van der Waals surface area contributed by atoms with E-state index in [0.29, 0.717) is 17.2 Å². The molecule has 6 nitrogen and oxygen atoms in total. The molecule has 0 saturated carbocycles. The highest BCUT2D eigenvalue weighted by Gasteiger charge is 2.27. The molecule has 1 atom stereocenters. The summed E-state index contributed by atoms with van der Waals surface area (Å²) in [4.78, 5) is 19.6. The van der Waals surface area contributed by atoms with Crippen molar-refractivity contribution in [2.45, 2.75) is 18.9 Å². The zero-order valence-electron chi connectivity index (χ0n) is 16.5. The molecule has 0 aliphatic carbocycles. The van der Waals surface area contributed by atoms with Gasteiger partial charge in [0.05, 0.1) is 5.56 Å². The summed E-state index contributed by atoms with van der Waals surface area (Å²) < 4.78 is 33.9. The zero-order valence-corrected chi connectivity index (χ0v) is 18.1. The van der Waals surface area contributed by atoms with Crippen LogP contribution in [0.5, 0.6) is 5.75 Å². The Balaban J connectivity index is 1.55. The molecule has 162 valence electrons. The van der Waals surface area contributed by atoms with E-state index in [0.717, 1.165) is 36.5 Å². The van der Waals surface area contributed by atoms with Crippen LogP contribution in [0.1, 0.15) is 23.7 Å². The van der Waals surface area contributed by atoms with Crippen LogP contribution in [0.4, 0.5) is 20.3 Å². The molecule has 4 rings (SSSR count). The second-order valence-corrected chi connectivity index (χ2v) is 8.47. The quantitative estimate of drug-likeness (QED) is 0.490. The summed E-state index contributed by atoms with van der Waals surface area (Å²) in [5, 5.41) is 4.66. The molecule has 1 aliphatic rings. The van der Waals surface area contributed by atoms with Crippen molar-refractivity contribution in [1.29, 1.82) is 0 Å². The molecule has 0 bridgehead atoms. The highest BCUT2D eigenvalue weighted by atomic mass is 35.5. The fourth-order valence-corrected chi connectivity index (χ4v) is 4.08. The monoisotopic (exact) mass is 464 g/mol. The van der Waals surface area contributed by atoms with Gasteiger partial charge in [0.25, 0.3) is 5.91 Å². The van der Waals surface area contributed by atoms with Gasteiger partial charge in [-0.1, -0.05) is 6.92 Å². The Kier molecular flexibility index (Phi) is 6.06. The average molecular weight is 465 g/mol. The molecular formula is C21H19ClF2N4O2S. The largest absolute Gasteiger partial charge is 0.487 e. The molecule has 3 heterocycles. The number of hydrogen-bond acceptors (Lipinski definition) is 6. The number of aromatic nitrogens is 2. The molecule has 1 aliphatic heterocycles. The molecule has 1 aromatic carbocycles. The summed E-state index contributed by atoms with van der Waals surface area (Å²) in [6.45, 7) is 4.04. The third-order valence-corrected chi connectivity index (χ3v) is 5.60. The number of halogens is 3. The van der Waals surface area contributed by atoms with E-state index in [9.17, 15) is 13.6 Å².